The molecule has 0 spiro atoms. The average molecular weight is 542 g/mol. The van der Waals surface area contributed by atoms with Gasteiger partial charge in [-0.25, -0.2) is 9.67 Å². The Bertz CT molecular complexity index is 1410. The summed E-state index contributed by atoms with van der Waals surface area (Å²) < 4.78 is 1.79. The number of aromatic nitrogens is 3. The van der Waals surface area contributed by atoms with Gasteiger partial charge in [-0.2, -0.15) is 0 Å². The van der Waals surface area contributed by atoms with Gasteiger partial charge >= 0.3 is 0 Å². The van der Waals surface area contributed by atoms with E-state index in [0.29, 0.717) is 25.0 Å². The zero-order valence-corrected chi connectivity index (χ0v) is 24.0. The van der Waals surface area contributed by atoms with Gasteiger partial charge in [-0.1, -0.05) is 30.5 Å². The largest absolute Gasteiger partial charge is 0.355 e. The first-order valence-corrected chi connectivity index (χ1v) is 14.5. The van der Waals surface area contributed by atoms with E-state index in [4.69, 9.17) is 10.1 Å². The van der Waals surface area contributed by atoms with Crippen LogP contribution >= 0.6 is 0 Å². The lowest BCUT2D eigenvalue weighted by Gasteiger charge is -2.43. The standard InChI is InChI=1S/C31H39N7O2/c1-21-10-13-25(14-11-21)38-29(32-28(33-38)31(40)36-17-7-16-34(3)18-19-36)23-12-15-26-27(20-23)37(24-8-5-6-9-24)22(2)30(39)35(26)4/h10-15,20,22,24H,5-9,16-19H2,1-4H3/t22-/m1/s1. The third-order valence-electron chi connectivity index (χ3n) is 8.78. The minimum absolute atomic E-state index is 0.117. The zero-order chi connectivity index (χ0) is 28.0. The highest BCUT2D eigenvalue weighted by molar-refractivity contribution is 6.05. The molecule has 210 valence electrons. The third-order valence-corrected chi connectivity index (χ3v) is 8.78. The van der Waals surface area contributed by atoms with Crippen LogP contribution in [0.4, 0.5) is 11.4 Å². The van der Waals surface area contributed by atoms with Crippen molar-refractivity contribution < 1.29 is 9.59 Å². The van der Waals surface area contributed by atoms with Crippen LogP contribution in [0.25, 0.3) is 17.1 Å². The number of carbonyl (C=O) groups is 2. The van der Waals surface area contributed by atoms with Crippen LogP contribution in [0.2, 0.25) is 0 Å². The Morgan fingerprint density at radius 3 is 2.40 bits per heavy atom. The van der Waals surface area contributed by atoms with Gasteiger partial charge in [0, 0.05) is 38.3 Å². The number of amides is 2. The second-order valence-corrected chi connectivity index (χ2v) is 11.6. The van der Waals surface area contributed by atoms with Crippen LogP contribution in [0.1, 0.15) is 55.2 Å². The molecule has 2 amide bonds. The van der Waals surface area contributed by atoms with Crippen LogP contribution in [0.3, 0.4) is 0 Å². The number of rotatable bonds is 4. The molecule has 9 nitrogen and oxygen atoms in total. The Labute approximate surface area is 236 Å². The summed E-state index contributed by atoms with van der Waals surface area (Å²) in [4.78, 5) is 39.9. The van der Waals surface area contributed by atoms with Crippen LogP contribution in [0.5, 0.6) is 0 Å². The van der Waals surface area contributed by atoms with Crippen molar-refractivity contribution in [2.24, 2.45) is 0 Å². The number of aryl methyl sites for hydroxylation is 1. The van der Waals surface area contributed by atoms with E-state index in [1.165, 1.54) is 12.8 Å². The lowest BCUT2D eigenvalue weighted by molar-refractivity contribution is -0.119. The lowest BCUT2D eigenvalue weighted by atomic mass is 10.0. The van der Waals surface area contributed by atoms with Gasteiger partial charge < -0.3 is 19.6 Å². The Balaban J connectivity index is 1.45. The second-order valence-electron chi connectivity index (χ2n) is 11.6. The van der Waals surface area contributed by atoms with Crippen molar-refractivity contribution in [2.75, 3.05) is 50.1 Å². The van der Waals surface area contributed by atoms with Gasteiger partial charge in [0.15, 0.2) is 5.82 Å². The third kappa shape index (κ3) is 4.76. The molecule has 0 bridgehead atoms. The van der Waals surface area contributed by atoms with E-state index >= 15 is 0 Å². The number of nitrogens with zero attached hydrogens (tertiary/aromatic N) is 7. The highest BCUT2D eigenvalue weighted by atomic mass is 16.2. The maximum Gasteiger partial charge on any atom is 0.293 e. The van der Waals surface area contributed by atoms with Crippen molar-refractivity contribution in [1.29, 1.82) is 0 Å². The van der Waals surface area contributed by atoms with Crippen LogP contribution in [0.15, 0.2) is 42.5 Å². The normalized spacial score (nSPS) is 20.6. The molecule has 1 atom stereocenters. The maximum atomic E-state index is 13.6. The molecule has 2 fully saturated rings. The number of hydrogen-bond acceptors (Lipinski definition) is 6. The van der Waals surface area contributed by atoms with Crippen LogP contribution in [-0.4, -0.2) is 88.7 Å². The summed E-state index contributed by atoms with van der Waals surface area (Å²) in [5.74, 6) is 0.824. The highest BCUT2D eigenvalue weighted by Gasteiger charge is 2.38. The fourth-order valence-electron chi connectivity index (χ4n) is 6.42. The lowest BCUT2D eigenvalue weighted by Crippen LogP contribution is -2.54. The molecule has 40 heavy (non-hydrogen) atoms. The number of hydrogen-bond donors (Lipinski definition) is 0. The molecule has 2 aliphatic heterocycles. The van der Waals surface area contributed by atoms with E-state index in [1.807, 2.05) is 55.3 Å². The van der Waals surface area contributed by atoms with Crippen molar-refractivity contribution in [2.45, 2.75) is 58.0 Å². The molecular weight excluding hydrogens is 502 g/mol. The number of carbonyl (C=O) groups excluding carboxylic acids is 2. The van der Waals surface area contributed by atoms with E-state index in [0.717, 1.165) is 60.5 Å². The number of benzene rings is 2. The van der Waals surface area contributed by atoms with Gasteiger partial charge in [0.25, 0.3) is 5.91 Å². The molecule has 6 rings (SSSR count). The summed E-state index contributed by atoms with van der Waals surface area (Å²) in [6.07, 6.45) is 5.49. The van der Waals surface area contributed by atoms with Crippen molar-refractivity contribution >= 4 is 23.2 Å². The first-order valence-electron chi connectivity index (χ1n) is 14.5. The highest BCUT2D eigenvalue weighted by Crippen LogP contribution is 2.42. The monoisotopic (exact) mass is 541 g/mol. The average Bonchev–Trinajstić information content (AvgIpc) is 3.60. The van der Waals surface area contributed by atoms with Gasteiger partial charge in [0.05, 0.1) is 17.1 Å². The summed E-state index contributed by atoms with van der Waals surface area (Å²) in [6.45, 7) is 7.24. The summed E-state index contributed by atoms with van der Waals surface area (Å²) >= 11 is 0. The summed E-state index contributed by atoms with van der Waals surface area (Å²) in [5.41, 5.74) is 4.83. The van der Waals surface area contributed by atoms with Crippen molar-refractivity contribution in [3.8, 4) is 17.1 Å². The SMILES string of the molecule is Cc1ccc(-n2nc(C(=O)N3CCCN(C)CC3)nc2-c2ccc3c(c2)N(C2CCCC2)[C@H](C)C(=O)N3C)cc1. The fraction of sp³-hybridized carbons (Fsp3) is 0.484. The second kappa shape index (κ2) is 10.7. The summed E-state index contributed by atoms with van der Waals surface area (Å²) in [5, 5.41) is 4.78. The van der Waals surface area contributed by atoms with Crippen molar-refractivity contribution in [3.05, 3.63) is 53.9 Å². The predicted octanol–water partition coefficient (Wildman–Crippen LogP) is 4.13. The molecule has 1 aliphatic carbocycles. The minimum atomic E-state index is -0.232. The molecule has 2 aromatic carbocycles. The first kappa shape index (κ1) is 26.5. The van der Waals surface area contributed by atoms with Crippen LogP contribution in [0, 0.1) is 6.92 Å². The number of anilines is 2. The van der Waals surface area contributed by atoms with Crippen LogP contribution in [-0.2, 0) is 4.79 Å². The molecule has 0 N–H and O–H groups in total. The minimum Gasteiger partial charge on any atom is -0.355 e. The van der Waals surface area contributed by atoms with Crippen LogP contribution < -0.4 is 9.80 Å². The Morgan fingerprint density at radius 2 is 1.65 bits per heavy atom. The smallest absolute Gasteiger partial charge is 0.293 e. The van der Waals surface area contributed by atoms with Gasteiger partial charge in [0.2, 0.25) is 11.7 Å². The summed E-state index contributed by atoms with van der Waals surface area (Å²) in [7, 11) is 3.95. The zero-order valence-electron chi connectivity index (χ0n) is 24.0. The van der Waals surface area contributed by atoms with Crippen molar-refractivity contribution in [1.82, 2.24) is 24.6 Å². The summed E-state index contributed by atoms with van der Waals surface area (Å²) in [6, 6.07) is 14.4. The van der Waals surface area contributed by atoms with E-state index in [9.17, 15) is 9.59 Å². The number of likely N-dealkylation sites (N-methyl/N-ethyl adjacent to an activating group) is 2. The molecule has 1 aromatic heterocycles. The van der Waals surface area contributed by atoms with Crippen molar-refractivity contribution in [3.63, 3.8) is 0 Å². The fourth-order valence-corrected chi connectivity index (χ4v) is 6.42. The quantitative estimate of drug-likeness (QED) is 0.494. The van der Waals surface area contributed by atoms with Gasteiger partial charge in [-0.3, -0.25) is 9.59 Å². The van der Waals surface area contributed by atoms with Gasteiger partial charge in [0.1, 0.15) is 6.04 Å². The molecule has 1 saturated carbocycles. The van der Waals surface area contributed by atoms with E-state index in [1.54, 1.807) is 9.58 Å². The molecule has 3 heterocycles. The molecule has 0 unspecified atom stereocenters. The molecule has 1 saturated heterocycles. The number of fused-ring (bicyclic) bond motifs is 1. The van der Waals surface area contributed by atoms with E-state index in [-0.39, 0.29) is 23.7 Å². The topological polar surface area (TPSA) is 77.8 Å². The Hall–Kier alpha value is -3.72. The predicted molar refractivity (Wildman–Crippen MR) is 157 cm³/mol. The molecule has 0 radical (unpaired) electrons. The van der Waals surface area contributed by atoms with E-state index in [2.05, 4.69) is 29.8 Å². The first-order chi connectivity index (χ1) is 19.3. The molecular formula is C31H39N7O2. The van der Waals surface area contributed by atoms with Gasteiger partial charge in [-0.05, 0) is 77.0 Å². The maximum absolute atomic E-state index is 13.6. The molecule has 9 heteroatoms. The Kier molecular flexibility index (Phi) is 7.08. The molecule has 3 aliphatic rings. The van der Waals surface area contributed by atoms with E-state index < -0.39 is 0 Å². The Morgan fingerprint density at radius 1 is 0.900 bits per heavy atom. The van der Waals surface area contributed by atoms with Gasteiger partial charge in [-0.15, -0.1) is 5.10 Å². The molecule has 3 aromatic rings.